The Morgan fingerprint density at radius 2 is 1.95 bits per heavy atom. The van der Waals surface area contributed by atoms with Crippen molar-refractivity contribution in [1.29, 1.82) is 5.26 Å². The Kier molecular flexibility index (Phi) is 3.83. The van der Waals surface area contributed by atoms with E-state index in [-0.39, 0.29) is 6.04 Å². The molecule has 1 fully saturated rings. The summed E-state index contributed by atoms with van der Waals surface area (Å²) in [6.45, 7) is 0. The maximum absolute atomic E-state index is 9.48. The minimum atomic E-state index is -0.108. The van der Waals surface area contributed by atoms with Gasteiger partial charge in [0.2, 0.25) is 0 Å². The fourth-order valence-corrected chi connectivity index (χ4v) is 3.11. The lowest BCUT2D eigenvalue weighted by molar-refractivity contribution is 0.346. The second kappa shape index (κ2) is 5.92. The molecular formula is C17H19N3. The molecule has 20 heavy (non-hydrogen) atoms. The molecule has 1 aromatic carbocycles. The Balaban J connectivity index is 1.86. The number of aromatic nitrogens is 1. The summed E-state index contributed by atoms with van der Waals surface area (Å²) in [6.07, 6.45) is 7.92. The fourth-order valence-electron chi connectivity index (χ4n) is 3.11. The lowest BCUT2D eigenvalue weighted by Crippen LogP contribution is -2.29. The molecule has 0 unspecified atom stereocenters. The van der Waals surface area contributed by atoms with Gasteiger partial charge < -0.3 is 5.32 Å². The normalized spacial score (nSPS) is 17.6. The molecular weight excluding hydrogens is 246 g/mol. The molecule has 1 aliphatic rings. The summed E-state index contributed by atoms with van der Waals surface area (Å²) in [5.74, 6) is 0.465. The van der Waals surface area contributed by atoms with Crippen LogP contribution in [-0.2, 0) is 0 Å². The van der Waals surface area contributed by atoms with Crippen molar-refractivity contribution in [3.63, 3.8) is 0 Å². The summed E-state index contributed by atoms with van der Waals surface area (Å²) in [7, 11) is 0. The van der Waals surface area contributed by atoms with Crippen molar-refractivity contribution in [2.24, 2.45) is 5.92 Å². The molecule has 0 saturated heterocycles. The van der Waals surface area contributed by atoms with Crippen LogP contribution in [0.1, 0.15) is 32.1 Å². The highest BCUT2D eigenvalue weighted by molar-refractivity contribution is 5.90. The lowest BCUT2D eigenvalue weighted by Gasteiger charge is -2.27. The number of anilines is 1. The fraction of sp³-hybridized carbons (Fsp3) is 0.412. The van der Waals surface area contributed by atoms with Gasteiger partial charge in [0.15, 0.2) is 0 Å². The number of benzene rings is 1. The van der Waals surface area contributed by atoms with E-state index in [9.17, 15) is 5.26 Å². The molecule has 102 valence electrons. The molecule has 1 N–H and O–H groups in total. The second-order valence-electron chi connectivity index (χ2n) is 5.53. The minimum absolute atomic E-state index is 0.108. The molecule has 0 bridgehead atoms. The van der Waals surface area contributed by atoms with Crippen LogP contribution in [0.25, 0.3) is 10.9 Å². The summed E-state index contributed by atoms with van der Waals surface area (Å²) < 4.78 is 0. The van der Waals surface area contributed by atoms with Crippen LogP contribution in [0, 0.1) is 17.2 Å². The number of para-hydroxylation sites is 1. The predicted molar refractivity (Wildman–Crippen MR) is 81.3 cm³/mol. The van der Waals surface area contributed by atoms with E-state index >= 15 is 0 Å². The molecule has 3 heteroatoms. The Bertz CT molecular complexity index is 618. The zero-order valence-electron chi connectivity index (χ0n) is 11.5. The highest BCUT2D eigenvalue weighted by atomic mass is 14.9. The van der Waals surface area contributed by atoms with E-state index < -0.39 is 0 Å². The van der Waals surface area contributed by atoms with Crippen LogP contribution in [0.2, 0.25) is 0 Å². The van der Waals surface area contributed by atoms with Gasteiger partial charge in [-0.15, -0.1) is 0 Å². The van der Waals surface area contributed by atoms with Gasteiger partial charge >= 0.3 is 0 Å². The highest BCUT2D eigenvalue weighted by Gasteiger charge is 2.23. The standard InChI is InChI=1S/C17H19N3/c18-12-16(13-6-2-1-3-7-13)20-15-10-4-8-14-9-5-11-19-17(14)15/h4-5,8-11,13,16,20H,1-3,6-7H2/t16-/m0/s1. The van der Waals surface area contributed by atoms with Crippen LogP contribution in [0.4, 0.5) is 5.69 Å². The van der Waals surface area contributed by atoms with E-state index in [1.165, 1.54) is 19.3 Å². The van der Waals surface area contributed by atoms with Crippen LogP contribution in [0.15, 0.2) is 36.5 Å². The van der Waals surface area contributed by atoms with Gasteiger partial charge in [0.05, 0.1) is 17.3 Å². The SMILES string of the molecule is N#C[C@H](Nc1cccc2cccnc12)C1CCCCC1. The van der Waals surface area contributed by atoms with Crippen LogP contribution < -0.4 is 5.32 Å². The van der Waals surface area contributed by atoms with Crippen molar-refractivity contribution in [1.82, 2.24) is 4.98 Å². The molecule has 1 saturated carbocycles. The first-order valence-corrected chi connectivity index (χ1v) is 7.38. The first kappa shape index (κ1) is 12.9. The molecule has 0 spiro atoms. The van der Waals surface area contributed by atoms with E-state index in [0.29, 0.717) is 5.92 Å². The van der Waals surface area contributed by atoms with Gasteiger partial charge in [0, 0.05) is 11.6 Å². The molecule has 1 atom stereocenters. The molecule has 1 aromatic heterocycles. The van der Waals surface area contributed by atoms with Gasteiger partial charge in [-0.3, -0.25) is 4.98 Å². The number of fused-ring (bicyclic) bond motifs is 1. The van der Waals surface area contributed by atoms with Crippen molar-refractivity contribution < 1.29 is 0 Å². The summed E-state index contributed by atoms with van der Waals surface area (Å²) in [6, 6.07) is 12.4. The third-order valence-electron chi connectivity index (χ3n) is 4.20. The molecule has 0 amide bonds. The molecule has 1 aliphatic carbocycles. The van der Waals surface area contributed by atoms with Gasteiger partial charge in [-0.25, -0.2) is 0 Å². The monoisotopic (exact) mass is 265 g/mol. The van der Waals surface area contributed by atoms with Crippen LogP contribution >= 0.6 is 0 Å². The first-order valence-electron chi connectivity index (χ1n) is 7.38. The molecule has 3 nitrogen and oxygen atoms in total. The average molecular weight is 265 g/mol. The predicted octanol–water partition coefficient (Wildman–Crippen LogP) is 4.12. The summed E-state index contributed by atoms with van der Waals surface area (Å²) in [5.41, 5.74) is 1.92. The van der Waals surface area contributed by atoms with E-state index in [0.717, 1.165) is 29.4 Å². The van der Waals surface area contributed by atoms with Crippen molar-refractivity contribution in [3.8, 4) is 6.07 Å². The largest absolute Gasteiger partial charge is 0.368 e. The van der Waals surface area contributed by atoms with Gasteiger partial charge in [-0.1, -0.05) is 37.5 Å². The zero-order chi connectivity index (χ0) is 13.8. The highest BCUT2D eigenvalue weighted by Crippen LogP contribution is 2.29. The van der Waals surface area contributed by atoms with Gasteiger partial charge in [0.1, 0.15) is 6.04 Å². The van der Waals surface area contributed by atoms with E-state index in [4.69, 9.17) is 0 Å². The number of nitrogens with zero attached hydrogens (tertiary/aromatic N) is 2. The number of rotatable bonds is 3. The third kappa shape index (κ3) is 2.60. The average Bonchev–Trinajstić information content (AvgIpc) is 2.53. The van der Waals surface area contributed by atoms with Crippen molar-refractivity contribution in [3.05, 3.63) is 36.5 Å². The Labute approximate surface area is 119 Å². The Hall–Kier alpha value is -2.08. The summed E-state index contributed by atoms with van der Waals surface area (Å²) in [4.78, 5) is 4.44. The maximum Gasteiger partial charge on any atom is 0.117 e. The topological polar surface area (TPSA) is 48.7 Å². The van der Waals surface area contributed by atoms with Crippen LogP contribution in [-0.4, -0.2) is 11.0 Å². The van der Waals surface area contributed by atoms with Crippen molar-refractivity contribution in [2.75, 3.05) is 5.32 Å². The molecule has 3 rings (SSSR count). The van der Waals surface area contributed by atoms with Gasteiger partial charge in [0.25, 0.3) is 0 Å². The smallest absolute Gasteiger partial charge is 0.117 e. The Morgan fingerprint density at radius 1 is 1.15 bits per heavy atom. The van der Waals surface area contributed by atoms with Crippen molar-refractivity contribution >= 4 is 16.6 Å². The number of nitriles is 1. The van der Waals surface area contributed by atoms with Crippen molar-refractivity contribution in [2.45, 2.75) is 38.1 Å². The van der Waals surface area contributed by atoms with E-state index in [1.807, 2.05) is 18.2 Å². The minimum Gasteiger partial charge on any atom is -0.368 e. The lowest BCUT2D eigenvalue weighted by atomic mass is 9.84. The zero-order valence-corrected chi connectivity index (χ0v) is 11.5. The molecule has 1 heterocycles. The number of nitrogens with one attached hydrogen (secondary N) is 1. The summed E-state index contributed by atoms with van der Waals surface area (Å²) >= 11 is 0. The quantitative estimate of drug-likeness (QED) is 0.908. The van der Waals surface area contributed by atoms with Gasteiger partial charge in [-0.05, 0) is 30.9 Å². The third-order valence-corrected chi connectivity index (χ3v) is 4.20. The maximum atomic E-state index is 9.48. The second-order valence-corrected chi connectivity index (χ2v) is 5.53. The number of pyridine rings is 1. The number of hydrogen-bond acceptors (Lipinski definition) is 3. The summed E-state index contributed by atoms with van der Waals surface area (Å²) in [5, 5.41) is 14.0. The van der Waals surface area contributed by atoms with Crippen LogP contribution in [0.5, 0.6) is 0 Å². The first-order chi connectivity index (χ1) is 9.88. The molecule has 0 radical (unpaired) electrons. The Morgan fingerprint density at radius 3 is 2.75 bits per heavy atom. The van der Waals surface area contributed by atoms with Crippen LogP contribution in [0.3, 0.4) is 0 Å². The van der Waals surface area contributed by atoms with E-state index in [1.54, 1.807) is 6.20 Å². The molecule has 0 aliphatic heterocycles. The molecule has 2 aromatic rings. The van der Waals surface area contributed by atoms with Gasteiger partial charge in [-0.2, -0.15) is 5.26 Å². The number of hydrogen-bond donors (Lipinski definition) is 1. The van der Waals surface area contributed by atoms with E-state index in [2.05, 4.69) is 28.5 Å².